The average molecular weight is 296 g/mol. The lowest BCUT2D eigenvalue weighted by atomic mass is 10.1. The number of halogens is 2. The second kappa shape index (κ2) is 3.51. The lowest BCUT2D eigenvalue weighted by Crippen LogP contribution is -1.99. The SMILES string of the molecule is O=S(=O)(Cl)[C@@H]1C[C@H]1c1ccc(Br)cc1. The van der Waals surface area contributed by atoms with E-state index in [4.69, 9.17) is 10.7 Å². The van der Waals surface area contributed by atoms with Crippen molar-refractivity contribution in [1.29, 1.82) is 0 Å². The Morgan fingerprint density at radius 3 is 2.29 bits per heavy atom. The summed E-state index contributed by atoms with van der Waals surface area (Å²) in [5.41, 5.74) is 1.04. The maximum atomic E-state index is 11.0. The van der Waals surface area contributed by atoms with Gasteiger partial charge in [-0.15, -0.1) is 0 Å². The Balaban J connectivity index is 2.18. The van der Waals surface area contributed by atoms with E-state index >= 15 is 0 Å². The smallest absolute Gasteiger partial charge is 0.212 e. The summed E-state index contributed by atoms with van der Waals surface area (Å²) in [7, 11) is 1.89. The van der Waals surface area contributed by atoms with Crippen LogP contribution in [-0.2, 0) is 9.05 Å². The Bertz CT molecular complexity index is 440. The molecule has 76 valence electrons. The maximum absolute atomic E-state index is 11.0. The van der Waals surface area contributed by atoms with Gasteiger partial charge >= 0.3 is 0 Å². The van der Waals surface area contributed by atoms with Crippen LogP contribution in [0.4, 0.5) is 0 Å². The van der Waals surface area contributed by atoms with Crippen LogP contribution in [0, 0.1) is 0 Å². The van der Waals surface area contributed by atoms with Crippen molar-refractivity contribution in [2.24, 2.45) is 0 Å². The number of benzene rings is 1. The molecule has 0 bridgehead atoms. The molecule has 0 amide bonds. The molecular formula is C9H8BrClO2S. The van der Waals surface area contributed by atoms with Gasteiger partial charge in [-0.3, -0.25) is 0 Å². The van der Waals surface area contributed by atoms with Crippen LogP contribution in [-0.4, -0.2) is 13.7 Å². The molecule has 0 aromatic heterocycles. The Morgan fingerprint density at radius 2 is 1.86 bits per heavy atom. The Kier molecular flexibility index (Phi) is 2.62. The van der Waals surface area contributed by atoms with E-state index < -0.39 is 9.05 Å². The van der Waals surface area contributed by atoms with Crippen LogP contribution in [0.1, 0.15) is 17.9 Å². The van der Waals surface area contributed by atoms with Crippen molar-refractivity contribution in [2.75, 3.05) is 0 Å². The fourth-order valence-corrected chi connectivity index (χ4v) is 3.39. The molecule has 1 aliphatic rings. The highest BCUT2D eigenvalue weighted by Gasteiger charge is 2.47. The summed E-state index contributed by atoms with van der Waals surface area (Å²) in [6.07, 6.45) is 0.646. The summed E-state index contributed by atoms with van der Waals surface area (Å²) in [4.78, 5) is 0. The van der Waals surface area contributed by atoms with Crippen molar-refractivity contribution < 1.29 is 8.42 Å². The molecule has 2 rings (SSSR count). The number of rotatable bonds is 2. The van der Waals surface area contributed by atoms with Crippen LogP contribution in [0.25, 0.3) is 0 Å². The largest absolute Gasteiger partial charge is 0.236 e. The molecule has 2 atom stereocenters. The van der Waals surface area contributed by atoms with Gasteiger partial charge in [0.25, 0.3) is 0 Å². The average Bonchev–Trinajstić information content (AvgIpc) is 2.83. The van der Waals surface area contributed by atoms with Crippen LogP contribution < -0.4 is 0 Å². The van der Waals surface area contributed by atoms with Crippen LogP contribution in [0.2, 0.25) is 0 Å². The predicted octanol–water partition coefficient (Wildman–Crippen LogP) is 2.87. The van der Waals surface area contributed by atoms with Crippen molar-refractivity contribution in [1.82, 2.24) is 0 Å². The molecule has 1 aromatic carbocycles. The monoisotopic (exact) mass is 294 g/mol. The molecule has 0 unspecified atom stereocenters. The first kappa shape index (κ1) is 10.5. The molecule has 1 aliphatic carbocycles. The minimum absolute atomic E-state index is 0.0885. The van der Waals surface area contributed by atoms with E-state index in [0.29, 0.717) is 6.42 Å². The lowest BCUT2D eigenvalue weighted by molar-refractivity contribution is 0.607. The molecule has 0 N–H and O–H groups in total. The van der Waals surface area contributed by atoms with Gasteiger partial charge in [-0.05, 0) is 24.1 Å². The normalized spacial score (nSPS) is 26.1. The van der Waals surface area contributed by atoms with Crippen molar-refractivity contribution in [3.05, 3.63) is 34.3 Å². The zero-order valence-electron chi connectivity index (χ0n) is 7.15. The van der Waals surface area contributed by atoms with E-state index in [-0.39, 0.29) is 11.2 Å². The maximum Gasteiger partial charge on any atom is 0.236 e. The fourth-order valence-electron chi connectivity index (χ4n) is 1.54. The first-order valence-electron chi connectivity index (χ1n) is 4.17. The van der Waals surface area contributed by atoms with Crippen molar-refractivity contribution in [2.45, 2.75) is 17.6 Å². The molecule has 1 fully saturated rings. The standard InChI is InChI=1S/C9H8BrClO2S/c10-7-3-1-6(2-4-7)8-5-9(8)14(11,12)13/h1-4,8-9H,5H2/t8-,9+/m0/s1. The molecule has 5 heteroatoms. The van der Waals surface area contributed by atoms with Crippen molar-refractivity contribution in [3.8, 4) is 0 Å². The van der Waals surface area contributed by atoms with Crippen LogP contribution in [0.5, 0.6) is 0 Å². The minimum atomic E-state index is -3.38. The summed E-state index contributed by atoms with van der Waals surface area (Å²) in [6, 6.07) is 7.67. The zero-order chi connectivity index (χ0) is 10.3. The highest BCUT2D eigenvalue weighted by molar-refractivity contribution is 9.10. The van der Waals surface area contributed by atoms with Gasteiger partial charge in [-0.25, -0.2) is 8.42 Å². The highest BCUT2D eigenvalue weighted by Crippen LogP contribution is 2.47. The molecule has 1 aromatic rings. The molecule has 0 aliphatic heterocycles. The van der Waals surface area contributed by atoms with Crippen molar-refractivity contribution in [3.63, 3.8) is 0 Å². The first-order chi connectivity index (χ1) is 6.48. The molecule has 2 nitrogen and oxygen atoms in total. The van der Waals surface area contributed by atoms with Crippen LogP contribution in [0.15, 0.2) is 28.7 Å². The summed E-state index contributed by atoms with van der Waals surface area (Å²) < 4.78 is 23.0. The van der Waals surface area contributed by atoms with Gasteiger partial charge in [-0.2, -0.15) is 0 Å². The summed E-state index contributed by atoms with van der Waals surface area (Å²) in [5.74, 6) is 0.0885. The molecule has 1 saturated carbocycles. The van der Waals surface area contributed by atoms with Gasteiger partial charge in [0.15, 0.2) is 0 Å². The Labute approximate surface area is 95.8 Å². The van der Waals surface area contributed by atoms with E-state index in [0.717, 1.165) is 10.0 Å². The molecular weight excluding hydrogens is 288 g/mol. The molecule has 0 spiro atoms. The molecule has 0 heterocycles. The van der Waals surface area contributed by atoms with Gasteiger partial charge < -0.3 is 0 Å². The Hall–Kier alpha value is -0.0600. The third kappa shape index (κ3) is 2.12. The van der Waals surface area contributed by atoms with Gasteiger partial charge in [0.1, 0.15) is 0 Å². The van der Waals surface area contributed by atoms with Gasteiger partial charge in [0.05, 0.1) is 5.25 Å². The zero-order valence-corrected chi connectivity index (χ0v) is 10.3. The van der Waals surface area contributed by atoms with Gasteiger partial charge in [-0.1, -0.05) is 28.1 Å². The predicted molar refractivity (Wildman–Crippen MR) is 60.1 cm³/mol. The summed E-state index contributed by atoms with van der Waals surface area (Å²) >= 11 is 3.33. The van der Waals surface area contributed by atoms with Crippen molar-refractivity contribution >= 4 is 35.7 Å². The molecule has 0 saturated heterocycles. The van der Waals surface area contributed by atoms with Gasteiger partial charge in [0, 0.05) is 21.1 Å². The van der Waals surface area contributed by atoms with Crippen LogP contribution >= 0.6 is 26.6 Å². The second-order valence-corrected chi connectivity index (χ2v) is 7.17. The van der Waals surface area contributed by atoms with Crippen LogP contribution in [0.3, 0.4) is 0 Å². The van der Waals surface area contributed by atoms with E-state index in [2.05, 4.69) is 15.9 Å². The molecule has 14 heavy (non-hydrogen) atoms. The van der Waals surface area contributed by atoms with E-state index in [1.807, 2.05) is 24.3 Å². The minimum Gasteiger partial charge on any atom is -0.212 e. The third-order valence-electron chi connectivity index (χ3n) is 2.39. The van der Waals surface area contributed by atoms with Gasteiger partial charge in [0.2, 0.25) is 9.05 Å². The number of hydrogen-bond acceptors (Lipinski definition) is 2. The van der Waals surface area contributed by atoms with E-state index in [9.17, 15) is 8.42 Å². The fraction of sp³-hybridized carbons (Fsp3) is 0.333. The summed E-state index contributed by atoms with van der Waals surface area (Å²) in [5, 5.41) is -0.384. The third-order valence-corrected chi connectivity index (χ3v) is 4.85. The quantitative estimate of drug-likeness (QED) is 0.786. The summed E-state index contributed by atoms with van der Waals surface area (Å²) in [6.45, 7) is 0. The lowest BCUT2D eigenvalue weighted by Gasteiger charge is -1.98. The highest BCUT2D eigenvalue weighted by atomic mass is 79.9. The van der Waals surface area contributed by atoms with E-state index in [1.54, 1.807) is 0 Å². The Morgan fingerprint density at radius 1 is 1.29 bits per heavy atom. The topological polar surface area (TPSA) is 34.1 Å². The van der Waals surface area contributed by atoms with E-state index in [1.165, 1.54) is 0 Å². The second-order valence-electron chi connectivity index (χ2n) is 3.41. The molecule has 0 radical (unpaired) electrons. The number of hydrogen-bond donors (Lipinski definition) is 0. The first-order valence-corrected chi connectivity index (χ1v) is 7.34.